The third kappa shape index (κ3) is 3.53. The van der Waals surface area contributed by atoms with Gasteiger partial charge < -0.3 is 0 Å². The maximum absolute atomic E-state index is 6.06. The van der Waals surface area contributed by atoms with Crippen LogP contribution >= 0.6 is 23.2 Å². The smallest absolute Gasteiger partial charge is 0.0595 e. The van der Waals surface area contributed by atoms with Crippen molar-refractivity contribution in [3.8, 4) is 0 Å². The fourth-order valence-electron chi connectivity index (χ4n) is 2.17. The highest BCUT2D eigenvalue weighted by molar-refractivity contribution is 6.42. The molecule has 2 rings (SSSR count). The molecule has 106 valence electrons. The Morgan fingerprint density at radius 3 is 2.35 bits per heavy atom. The van der Waals surface area contributed by atoms with Gasteiger partial charge in [-0.15, -0.1) is 0 Å². The van der Waals surface area contributed by atoms with E-state index >= 15 is 0 Å². The average Bonchev–Trinajstić information content (AvgIpc) is 2.43. The normalized spacial score (nSPS) is 12.4. The van der Waals surface area contributed by atoms with Crippen molar-refractivity contribution in [2.24, 2.45) is 5.84 Å². The van der Waals surface area contributed by atoms with Crippen LogP contribution < -0.4 is 11.3 Å². The van der Waals surface area contributed by atoms with Crippen LogP contribution in [0.4, 0.5) is 0 Å². The SMILES string of the molecule is Cc1ccc(CC(NN)c2ccc(Cl)c(Cl)c2)cc1C. The van der Waals surface area contributed by atoms with Gasteiger partial charge in [-0.1, -0.05) is 47.5 Å². The first-order chi connectivity index (χ1) is 9.51. The molecule has 4 heteroatoms. The van der Waals surface area contributed by atoms with E-state index in [1.165, 1.54) is 16.7 Å². The molecule has 0 radical (unpaired) electrons. The number of hydrogen-bond donors (Lipinski definition) is 2. The molecule has 1 unspecified atom stereocenters. The topological polar surface area (TPSA) is 38.0 Å². The van der Waals surface area contributed by atoms with Crippen LogP contribution in [0.15, 0.2) is 36.4 Å². The molecule has 2 aromatic rings. The van der Waals surface area contributed by atoms with E-state index in [-0.39, 0.29) is 6.04 Å². The lowest BCUT2D eigenvalue weighted by molar-refractivity contribution is 0.552. The lowest BCUT2D eigenvalue weighted by Crippen LogP contribution is -2.29. The quantitative estimate of drug-likeness (QED) is 0.650. The van der Waals surface area contributed by atoms with Gasteiger partial charge in [-0.3, -0.25) is 11.3 Å². The number of hydrazine groups is 1. The number of halogens is 2. The lowest BCUT2D eigenvalue weighted by atomic mass is 9.97. The molecule has 0 aliphatic heterocycles. The fraction of sp³-hybridized carbons (Fsp3) is 0.250. The number of benzene rings is 2. The zero-order valence-corrected chi connectivity index (χ0v) is 13.1. The molecule has 0 aliphatic rings. The van der Waals surface area contributed by atoms with Crippen molar-refractivity contribution < 1.29 is 0 Å². The molecule has 3 N–H and O–H groups in total. The van der Waals surface area contributed by atoms with Crippen molar-refractivity contribution in [1.82, 2.24) is 5.43 Å². The molecule has 0 aromatic heterocycles. The molecule has 0 saturated heterocycles. The second-order valence-corrected chi connectivity index (χ2v) is 5.83. The van der Waals surface area contributed by atoms with Crippen molar-refractivity contribution in [1.29, 1.82) is 0 Å². The van der Waals surface area contributed by atoms with Crippen LogP contribution in [0.25, 0.3) is 0 Å². The van der Waals surface area contributed by atoms with Crippen LogP contribution in [0.5, 0.6) is 0 Å². The highest BCUT2D eigenvalue weighted by atomic mass is 35.5. The van der Waals surface area contributed by atoms with Crippen LogP contribution in [0.1, 0.15) is 28.3 Å². The lowest BCUT2D eigenvalue weighted by Gasteiger charge is -2.17. The maximum Gasteiger partial charge on any atom is 0.0595 e. The summed E-state index contributed by atoms with van der Waals surface area (Å²) in [4.78, 5) is 0. The van der Waals surface area contributed by atoms with Gasteiger partial charge in [0.15, 0.2) is 0 Å². The largest absolute Gasteiger partial charge is 0.271 e. The van der Waals surface area contributed by atoms with E-state index in [1.54, 1.807) is 6.07 Å². The Morgan fingerprint density at radius 2 is 1.75 bits per heavy atom. The van der Waals surface area contributed by atoms with E-state index in [2.05, 4.69) is 37.5 Å². The molecule has 0 amide bonds. The van der Waals surface area contributed by atoms with Crippen LogP contribution in [-0.2, 0) is 6.42 Å². The molecular formula is C16H18Cl2N2. The summed E-state index contributed by atoms with van der Waals surface area (Å²) < 4.78 is 0. The maximum atomic E-state index is 6.06. The highest BCUT2D eigenvalue weighted by Crippen LogP contribution is 2.27. The number of aryl methyl sites for hydroxylation is 2. The van der Waals surface area contributed by atoms with Crippen molar-refractivity contribution in [2.75, 3.05) is 0 Å². The van der Waals surface area contributed by atoms with Crippen LogP contribution in [0, 0.1) is 13.8 Å². The van der Waals surface area contributed by atoms with Crippen molar-refractivity contribution in [3.63, 3.8) is 0 Å². The fourth-order valence-corrected chi connectivity index (χ4v) is 2.47. The van der Waals surface area contributed by atoms with E-state index in [9.17, 15) is 0 Å². The standard InChI is InChI=1S/C16H18Cl2N2/c1-10-3-4-12(7-11(10)2)8-16(20-19)13-5-6-14(17)15(18)9-13/h3-7,9,16,20H,8,19H2,1-2H3. The Balaban J connectivity index is 2.23. The number of hydrogen-bond acceptors (Lipinski definition) is 2. The Hall–Kier alpha value is -1.06. The first-order valence-corrected chi connectivity index (χ1v) is 7.24. The monoisotopic (exact) mass is 308 g/mol. The summed E-state index contributed by atoms with van der Waals surface area (Å²) in [6, 6.07) is 12.1. The Labute approximate surface area is 129 Å². The minimum Gasteiger partial charge on any atom is -0.271 e. The van der Waals surface area contributed by atoms with Crippen molar-refractivity contribution in [2.45, 2.75) is 26.3 Å². The molecule has 1 atom stereocenters. The minimum absolute atomic E-state index is 0.00636. The van der Waals surface area contributed by atoms with E-state index in [0.29, 0.717) is 10.0 Å². The van der Waals surface area contributed by atoms with Crippen LogP contribution in [0.3, 0.4) is 0 Å². The third-order valence-corrected chi connectivity index (χ3v) is 4.30. The van der Waals surface area contributed by atoms with Crippen molar-refractivity contribution >= 4 is 23.2 Å². The first kappa shape index (κ1) is 15.3. The summed E-state index contributed by atoms with van der Waals surface area (Å²) in [6.07, 6.45) is 0.801. The Bertz CT molecular complexity index is 611. The van der Waals surface area contributed by atoms with Gasteiger partial charge in [-0.2, -0.15) is 0 Å². The van der Waals surface area contributed by atoms with Gasteiger partial charge in [0.25, 0.3) is 0 Å². The average molecular weight is 309 g/mol. The summed E-state index contributed by atoms with van der Waals surface area (Å²) in [6.45, 7) is 4.22. The molecule has 0 aliphatic carbocycles. The predicted molar refractivity (Wildman–Crippen MR) is 86.1 cm³/mol. The molecule has 2 aromatic carbocycles. The zero-order chi connectivity index (χ0) is 14.7. The Morgan fingerprint density at radius 1 is 1.00 bits per heavy atom. The van der Waals surface area contributed by atoms with E-state index in [0.717, 1.165) is 12.0 Å². The number of nitrogens with two attached hydrogens (primary N) is 1. The van der Waals surface area contributed by atoms with Gasteiger partial charge >= 0.3 is 0 Å². The molecule has 0 bridgehead atoms. The summed E-state index contributed by atoms with van der Waals surface area (Å²) >= 11 is 12.0. The second kappa shape index (κ2) is 6.59. The predicted octanol–water partition coefficient (Wildman–Crippen LogP) is 4.36. The van der Waals surface area contributed by atoms with Gasteiger partial charge in [-0.05, 0) is 54.7 Å². The van der Waals surface area contributed by atoms with Gasteiger partial charge in [0.2, 0.25) is 0 Å². The zero-order valence-electron chi connectivity index (χ0n) is 11.6. The van der Waals surface area contributed by atoms with Crippen molar-refractivity contribution in [3.05, 3.63) is 68.7 Å². The molecule has 0 spiro atoms. The molecule has 0 fully saturated rings. The van der Waals surface area contributed by atoms with E-state index in [1.807, 2.05) is 12.1 Å². The molecule has 0 heterocycles. The number of rotatable bonds is 4. The molecule has 2 nitrogen and oxygen atoms in total. The van der Waals surface area contributed by atoms with Gasteiger partial charge in [0, 0.05) is 0 Å². The van der Waals surface area contributed by atoms with Gasteiger partial charge in [-0.25, -0.2) is 0 Å². The molecule has 0 saturated carbocycles. The van der Waals surface area contributed by atoms with Crippen LogP contribution in [0.2, 0.25) is 10.0 Å². The molecular weight excluding hydrogens is 291 g/mol. The van der Waals surface area contributed by atoms with E-state index in [4.69, 9.17) is 29.0 Å². The van der Waals surface area contributed by atoms with Gasteiger partial charge in [0.05, 0.1) is 16.1 Å². The molecule has 20 heavy (non-hydrogen) atoms. The first-order valence-electron chi connectivity index (χ1n) is 6.48. The Kier molecular flexibility index (Phi) is 5.06. The minimum atomic E-state index is 0.00636. The summed E-state index contributed by atoms with van der Waals surface area (Å²) in [5.41, 5.74) is 7.69. The number of nitrogens with one attached hydrogen (secondary N) is 1. The summed E-state index contributed by atoms with van der Waals surface area (Å²) in [7, 11) is 0. The van der Waals surface area contributed by atoms with Crippen LogP contribution in [-0.4, -0.2) is 0 Å². The third-order valence-electron chi connectivity index (χ3n) is 3.56. The second-order valence-electron chi connectivity index (χ2n) is 5.02. The van der Waals surface area contributed by atoms with E-state index < -0.39 is 0 Å². The summed E-state index contributed by atoms with van der Waals surface area (Å²) in [5.74, 6) is 5.68. The highest BCUT2D eigenvalue weighted by Gasteiger charge is 2.12. The van der Waals surface area contributed by atoms with Gasteiger partial charge in [0.1, 0.15) is 0 Å². The summed E-state index contributed by atoms with van der Waals surface area (Å²) in [5, 5.41) is 1.10.